The van der Waals surface area contributed by atoms with Crippen LogP contribution in [-0.2, 0) is 6.42 Å². The fraction of sp³-hybridized carbons (Fsp3) is 0.250. The third-order valence-corrected chi connectivity index (χ3v) is 3.25. The Morgan fingerprint density at radius 3 is 2.32 bits per heavy atom. The molecule has 1 unspecified atom stereocenters. The molecular formula is C16H16F2O. The lowest BCUT2D eigenvalue weighted by Crippen LogP contribution is -2.09. The molecule has 100 valence electrons. The van der Waals surface area contributed by atoms with E-state index in [0.717, 1.165) is 17.2 Å². The molecule has 0 aliphatic carbocycles. The van der Waals surface area contributed by atoms with Crippen LogP contribution in [0, 0.1) is 18.6 Å². The van der Waals surface area contributed by atoms with Gasteiger partial charge in [-0.2, -0.15) is 0 Å². The summed E-state index contributed by atoms with van der Waals surface area (Å²) in [5.41, 5.74) is 2.51. The maximum absolute atomic E-state index is 13.6. The Bertz CT molecular complexity index is 549. The van der Waals surface area contributed by atoms with Gasteiger partial charge >= 0.3 is 0 Å². The number of hydrogen-bond acceptors (Lipinski definition) is 1. The van der Waals surface area contributed by atoms with Gasteiger partial charge in [0.15, 0.2) is 0 Å². The van der Waals surface area contributed by atoms with E-state index in [4.69, 9.17) is 0 Å². The number of aryl methyl sites for hydroxylation is 1. The Kier molecular flexibility index (Phi) is 4.27. The Morgan fingerprint density at radius 1 is 1.05 bits per heavy atom. The first-order valence-electron chi connectivity index (χ1n) is 6.21. The Labute approximate surface area is 111 Å². The number of aliphatic hydroxyl groups is 1. The molecule has 2 aromatic rings. The summed E-state index contributed by atoms with van der Waals surface area (Å²) in [6.45, 7) is 1.91. The minimum Gasteiger partial charge on any atom is -0.396 e. The lowest BCUT2D eigenvalue weighted by Gasteiger charge is -2.15. The largest absolute Gasteiger partial charge is 0.396 e. The van der Waals surface area contributed by atoms with Crippen LogP contribution in [0.15, 0.2) is 42.5 Å². The lowest BCUT2D eigenvalue weighted by atomic mass is 9.92. The average molecular weight is 262 g/mol. The van der Waals surface area contributed by atoms with Gasteiger partial charge in [-0.05, 0) is 30.5 Å². The number of aliphatic hydroxyl groups excluding tert-OH is 1. The van der Waals surface area contributed by atoms with Gasteiger partial charge in [-0.3, -0.25) is 0 Å². The van der Waals surface area contributed by atoms with Gasteiger partial charge in [-0.15, -0.1) is 0 Å². The minimum atomic E-state index is -0.586. The van der Waals surface area contributed by atoms with Crippen LogP contribution in [0.5, 0.6) is 0 Å². The first-order chi connectivity index (χ1) is 9.10. The first kappa shape index (κ1) is 13.7. The second-order valence-electron chi connectivity index (χ2n) is 4.73. The van der Waals surface area contributed by atoms with Crippen LogP contribution in [-0.4, -0.2) is 11.7 Å². The second-order valence-corrected chi connectivity index (χ2v) is 4.73. The van der Waals surface area contributed by atoms with Crippen molar-refractivity contribution in [2.75, 3.05) is 6.61 Å². The Morgan fingerprint density at radius 2 is 1.74 bits per heavy atom. The van der Waals surface area contributed by atoms with Crippen LogP contribution in [0.25, 0.3) is 0 Å². The standard InChI is InChI=1S/C16H16F2O/c1-11-2-4-12(5-3-11)14(10-19)8-13-6-7-15(17)9-16(13)18/h2-7,9,14,19H,8,10H2,1H3. The van der Waals surface area contributed by atoms with Crippen LogP contribution in [0.1, 0.15) is 22.6 Å². The predicted molar refractivity (Wildman–Crippen MR) is 71.1 cm³/mol. The fourth-order valence-corrected chi connectivity index (χ4v) is 2.08. The Hall–Kier alpha value is -1.74. The van der Waals surface area contributed by atoms with Gasteiger partial charge in [0, 0.05) is 12.0 Å². The van der Waals surface area contributed by atoms with Crippen molar-refractivity contribution in [2.45, 2.75) is 19.3 Å². The van der Waals surface area contributed by atoms with Crippen molar-refractivity contribution in [3.8, 4) is 0 Å². The zero-order chi connectivity index (χ0) is 13.8. The summed E-state index contributed by atoms with van der Waals surface area (Å²) >= 11 is 0. The van der Waals surface area contributed by atoms with Crippen LogP contribution in [0.2, 0.25) is 0 Å². The molecule has 19 heavy (non-hydrogen) atoms. The highest BCUT2D eigenvalue weighted by Crippen LogP contribution is 2.23. The van der Waals surface area contributed by atoms with Crippen molar-refractivity contribution in [2.24, 2.45) is 0 Å². The van der Waals surface area contributed by atoms with Gasteiger partial charge in [-0.1, -0.05) is 35.9 Å². The van der Waals surface area contributed by atoms with Gasteiger partial charge < -0.3 is 5.11 Å². The van der Waals surface area contributed by atoms with Gasteiger partial charge in [0.1, 0.15) is 11.6 Å². The van der Waals surface area contributed by atoms with Crippen molar-refractivity contribution in [3.63, 3.8) is 0 Å². The fourth-order valence-electron chi connectivity index (χ4n) is 2.08. The van der Waals surface area contributed by atoms with E-state index in [-0.39, 0.29) is 12.5 Å². The molecule has 1 nitrogen and oxygen atoms in total. The number of halogens is 2. The van der Waals surface area contributed by atoms with E-state index in [2.05, 4.69) is 0 Å². The molecular weight excluding hydrogens is 246 g/mol. The maximum atomic E-state index is 13.6. The second kappa shape index (κ2) is 5.93. The minimum absolute atomic E-state index is 0.0696. The molecule has 0 aromatic heterocycles. The smallest absolute Gasteiger partial charge is 0.129 e. The van der Waals surface area contributed by atoms with Gasteiger partial charge in [0.25, 0.3) is 0 Å². The predicted octanol–water partition coefficient (Wildman–Crippen LogP) is 3.59. The van der Waals surface area contributed by atoms with E-state index in [1.807, 2.05) is 31.2 Å². The van der Waals surface area contributed by atoms with Crippen molar-refractivity contribution in [1.29, 1.82) is 0 Å². The molecule has 2 aromatic carbocycles. The normalized spacial score (nSPS) is 12.4. The van der Waals surface area contributed by atoms with Gasteiger partial charge in [0.05, 0.1) is 6.61 Å². The van der Waals surface area contributed by atoms with Crippen LogP contribution >= 0.6 is 0 Å². The maximum Gasteiger partial charge on any atom is 0.129 e. The molecule has 0 aliphatic heterocycles. The highest BCUT2D eigenvalue weighted by atomic mass is 19.1. The van der Waals surface area contributed by atoms with Gasteiger partial charge in [0.2, 0.25) is 0 Å². The quantitative estimate of drug-likeness (QED) is 0.892. The third kappa shape index (κ3) is 3.38. The third-order valence-electron chi connectivity index (χ3n) is 3.25. The molecule has 1 atom stereocenters. The average Bonchev–Trinajstić information content (AvgIpc) is 2.39. The summed E-state index contributed by atoms with van der Waals surface area (Å²) in [4.78, 5) is 0. The topological polar surface area (TPSA) is 20.2 Å². The van der Waals surface area contributed by atoms with Crippen molar-refractivity contribution in [3.05, 3.63) is 70.8 Å². The van der Waals surface area contributed by atoms with E-state index >= 15 is 0 Å². The molecule has 2 rings (SSSR count). The van der Waals surface area contributed by atoms with E-state index < -0.39 is 11.6 Å². The first-order valence-corrected chi connectivity index (χ1v) is 6.21. The molecule has 0 saturated heterocycles. The number of hydrogen-bond donors (Lipinski definition) is 1. The summed E-state index contributed by atoms with van der Waals surface area (Å²) in [6, 6.07) is 11.3. The van der Waals surface area contributed by atoms with Crippen molar-refractivity contribution < 1.29 is 13.9 Å². The van der Waals surface area contributed by atoms with E-state index in [1.165, 1.54) is 12.1 Å². The van der Waals surface area contributed by atoms with Crippen LogP contribution in [0.3, 0.4) is 0 Å². The van der Waals surface area contributed by atoms with Gasteiger partial charge in [-0.25, -0.2) is 8.78 Å². The molecule has 0 fully saturated rings. The molecule has 0 spiro atoms. The molecule has 1 N–H and O–H groups in total. The molecule has 0 heterocycles. The van der Waals surface area contributed by atoms with E-state index in [1.54, 1.807) is 0 Å². The zero-order valence-electron chi connectivity index (χ0n) is 10.7. The lowest BCUT2D eigenvalue weighted by molar-refractivity contribution is 0.263. The number of rotatable bonds is 4. The van der Waals surface area contributed by atoms with Crippen LogP contribution in [0.4, 0.5) is 8.78 Å². The summed E-state index contributed by atoms with van der Waals surface area (Å²) in [5, 5.41) is 9.46. The highest BCUT2D eigenvalue weighted by Gasteiger charge is 2.14. The highest BCUT2D eigenvalue weighted by molar-refractivity contribution is 5.28. The van der Waals surface area contributed by atoms with Crippen LogP contribution < -0.4 is 0 Å². The molecule has 0 aliphatic rings. The SMILES string of the molecule is Cc1ccc(C(CO)Cc2ccc(F)cc2F)cc1. The molecule has 0 amide bonds. The molecule has 0 saturated carbocycles. The molecule has 3 heteroatoms. The Balaban J connectivity index is 2.21. The van der Waals surface area contributed by atoms with E-state index in [0.29, 0.717) is 12.0 Å². The van der Waals surface area contributed by atoms with Crippen molar-refractivity contribution >= 4 is 0 Å². The van der Waals surface area contributed by atoms with Crippen molar-refractivity contribution in [1.82, 2.24) is 0 Å². The zero-order valence-corrected chi connectivity index (χ0v) is 10.7. The monoisotopic (exact) mass is 262 g/mol. The summed E-state index contributed by atoms with van der Waals surface area (Å²) in [5.74, 6) is -1.33. The summed E-state index contributed by atoms with van der Waals surface area (Å²) in [7, 11) is 0. The summed E-state index contributed by atoms with van der Waals surface area (Å²) in [6.07, 6.45) is 0.353. The van der Waals surface area contributed by atoms with E-state index in [9.17, 15) is 13.9 Å². The molecule has 0 bridgehead atoms. The molecule has 0 radical (unpaired) electrons. The summed E-state index contributed by atoms with van der Waals surface area (Å²) < 4.78 is 26.5. The number of benzene rings is 2.